The van der Waals surface area contributed by atoms with E-state index in [1.54, 1.807) is 0 Å². The Bertz CT molecular complexity index is 287. The van der Waals surface area contributed by atoms with E-state index in [0.29, 0.717) is 0 Å². The molecule has 0 rings (SSSR count). The van der Waals surface area contributed by atoms with E-state index in [2.05, 4.69) is 47.7 Å². The topological polar surface area (TPSA) is 26.3 Å². The molecule has 0 aromatic rings. The van der Waals surface area contributed by atoms with E-state index >= 15 is 0 Å². The Morgan fingerprint density at radius 3 is 2.06 bits per heavy atom. The summed E-state index contributed by atoms with van der Waals surface area (Å²) in [6, 6.07) is 0. The van der Waals surface area contributed by atoms with Gasteiger partial charge in [-0.15, -0.1) is 0 Å². The SMILES string of the molecule is C/C(C=O)=C\[C@H](C)[C@@H](C)O[Si](C)(C)C(C)(C)C. The van der Waals surface area contributed by atoms with Crippen LogP contribution in [0.25, 0.3) is 0 Å². The summed E-state index contributed by atoms with van der Waals surface area (Å²) in [6.07, 6.45) is 3.05. The van der Waals surface area contributed by atoms with Crippen LogP contribution in [0.15, 0.2) is 11.6 Å². The van der Waals surface area contributed by atoms with Crippen LogP contribution >= 0.6 is 0 Å². The lowest BCUT2D eigenvalue weighted by atomic mass is 10.0. The highest BCUT2D eigenvalue weighted by molar-refractivity contribution is 6.74. The second kappa shape index (κ2) is 5.96. The van der Waals surface area contributed by atoms with Gasteiger partial charge >= 0.3 is 0 Å². The Hall–Kier alpha value is -0.413. The fourth-order valence-corrected chi connectivity index (χ4v) is 2.84. The minimum atomic E-state index is -1.71. The van der Waals surface area contributed by atoms with Crippen molar-refractivity contribution in [2.45, 2.75) is 65.8 Å². The maximum absolute atomic E-state index is 10.6. The molecule has 2 nitrogen and oxygen atoms in total. The van der Waals surface area contributed by atoms with Crippen molar-refractivity contribution >= 4 is 14.6 Å². The molecule has 0 saturated heterocycles. The largest absolute Gasteiger partial charge is 0.414 e. The minimum absolute atomic E-state index is 0.158. The quantitative estimate of drug-likeness (QED) is 0.419. The Morgan fingerprint density at radius 2 is 1.71 bits per heavy atom. The lowest BCUT2D eigenvalue weighted by molar-refractivity contribution is -0.104. The van der Waals surface area contributed by atoms with Crippen LogP contribution in [0.5, 0.6) is 0 Å². The third-order valence-electron chi connectivity index (χ3n) is 3.74. The van der Waals surface area contributed by atoms with Crippen LogP contribution in [0.1, 0.15) is 41.5 Å². The molecule has 0 aliphatic rings. The van der Waals surface area contributed by atoms with Crippen LogP contribution in [0.4, 0.5) is 0 Å². The Kier molecular flexibility index (Phi) is 5.82. The van der Waals surface area contributed by atoms with Gasteiger partial charge in [0.05, 0.1) is 0 Å². The van der Waals surface area contributed by atoms with Crippen molar-refractivity contribution in [3.63, 3.8) is 0 Å². The number of carbonyl (C=O) groups is 1. The van der Waals surface area contributed by atoms with Gasteiger partial charge in [-0.1, -0.05) is 33.8 Å². The monoisotopic (exact) mass is 256 g/mol. The molecule has 0 fully saturated rings. The van der Waals surface area contributed by atoms with E-state index in [1.807, 2.05) is 13.0 Å². The normalized spacial score (nSPS) is 17.8. The molecule has 0 aliphatic carbocycles. The zero-order valence-corrected chi connectivity index (χ0v) is 13.6. The Labute approximate surface area is 108 Å². The van der Waals surface area contributed by atoms with Crippen LogP contribution in [0.3, 0.4) is 0 Å². The Balaban J connectivity index is 4.65. The first kappa shape index (κ1) is 16.6. The molecule has 0 saturated carbocycles. The van der Waals surface area contributed by atoms with Gasteiger partial charge in [-0.2, -0.15) is 0 Å². The fourth-order valence-electron chi connectivity index (χ4n) is 1.34. The fraction of sp³-hybridized carbons (Fsp3) is 0.786. The summed E-state index contributed by atoms with van der Waals surface area (Å²) >= 11 is 0. The zero-order valence-electron chi connectivity index (χ0n) is 12.6. The maximum Gasteiger partial charge on any atom is 0.192 e. The van der Waals surface area contributed by atoms with Crippen molar-refractivity contribution in [3.05, 3.63) is 11.6 Å². The first-order valence-electron chi connectivity index (χ1n) is 6.32. The number of allylic oxidation sites excluding steroid dienone is 1. The second-order valence-corrected chi connectivity index (χ2v) is 11.2. The molecule has 0 radical (unpaired) electrons. The van der Waals surface area contributed by atoms with Crippen LogP contribution < -0.4 is 0 Å². The van der Waals surface area contributed by atoms with Crippen molar-refractivity contribution in [2.75, 3.05) is 0 Å². The third kappa shape index (κ3) is 5.17. The number of aldehydes is 1. The lowest BCUT2D eigenvalue weighted by Gasteiger charge is -2.39. The van der Waals surface area contributed by atoms with Crippen molar-refractivity contribution in [3.8, 4) is 0 Å². The van der Waals surface area contributed by atoms with Gasteiger partial charge in [0.15, 0.2) is 8.32 Å². The predicted octanol–water partition coefficient (Wildman–Crippen LogP) is 4.18. The summed E-state index contributed by atoms with van der Waals surface area (Å²) in [7, 11) is -1.71. The molecule has 0 spiro atoms. The molecular weight excluding hydrogens is 228 g/mol. The molecule has 0 aromatic carbocycles. The minimum Gasteiger partial charge on any atom is -0.414 e. The second-order valence-electron chi connectivity index (χ2n) is 6.47. The van der Waals surface area contributed by atoms with Gasteiger partial charge in [-0.3, -0.25) is 4.79 Å². The van der Waals surface area contributed by atoms with Gasteiger partial charge in [0.2, 0.25) is 0 Å². The van der Waals surface area contributed by atoms with Gasteiger partial charge in [0.25, 0.3) is 0 Å². The van der Waals surface area contributed by atoms with E-state index < -0.39 is 8.32 Å². The van der Waals surface area contributed by atoms with E-state index in [9.17, 15) is 4.79 Å². The summed E-state index contributed by atoms with van der Waals surface area (Å²) in [4.78, 5) is 10.6. The van der Waals surface area contributed by atoms with Crippen LogP contribution in [-0.4, -0.2) is 20.7 Å². The van der Waals surface area contributed by atoms with E-state index in [-0.39, 0.29) is 17.1 Å². The predicted molar refractivity (Wildman–Crippen MR) is 76.7 cm³/mol. The molecule has 2 atom stereocenters. The van der Waals surface area contributed by atoms with Crippen molar-refractivity contribution in [2.24, 2.45) is 5.92 Å². The molecule has 100 valence electrons. The highest BCUT2D eigenvalue weighted by atomic mass is 28.4. The van der Waals surface area contributed by atoms with Crippen molar-refractivity contribution < 1.29 is 9.22 Å². The average Bonchev–Trinajstić information content (AvgIpc) is 2.14. The van der Waals surface area contributed by atoms with E-state index in [1.165, 1.54) is 0 Å². The molecule has 0 N–H and O–H groups in total. The number of rotatable bonds is 5. The molecular formula is C14H28O2Si. The smallest absolute Gasteiger partial charge is 0.192 e. The molecule has 0 aromatic heterocycles. The summed E-state index contributed by atoms with van der Waals surface area (Å²) in [6.45, 7) is 17.3. The molecule has 0 amide bonds. The number of hydrogen-bond acceptors (Lipinski definition) is 2. The molecule has 3 heteroatoms. The highest BCUT2D eigenvalue weighted by Crippen LogP contribution is 2.38. The molecule has 0 heterocycles. The van der Waals surface area contributed by atoms with Crippen LogP contribution in [-0.2, 0) is 9.22 Å². The standard InChI is InChI=1S/C14H28O2Si/c1-11(10-15)9-12(2)13(3)16-17(7,8)14(4,5)6/h9-10,12-13H,1-8H3/b11-9+/t12-,13+/m0/s1. The molecule has 17 heavy (non-hydrogen) atoms. The highest BCUT2D eigenvalue weighted by Gasteiger charge is 2.38. The number of carbonyl (C=O) groups excluding carboxylic acids is 1. The van der Waals surface area contributed by atoms with Gasteiger partial charge < -0.3 is 4.43 Å². The van der Waals surface area contributed by atoms with Gasteiger partial charge in [0.1, 0.15) is 6.29 Å². The summed E-state index contributed by atoms with van der Waals surface area (Å²) in [5.74, 6) is 0.273. The first-order valence-corrected chi connectivity index (χ1v) is 9.23. The molecule has 0 unspecified atom stereocenters. The Morgan fingerprint density at radius 1 is 1.24 bits per heavy atom. The first-order chi connectivity index (χ1) is 7.51. The lowest BCUT2D eigenvalue weighted by Crippen LogP contribution is -2.44. The van der Waals surface area contributed by atoms with Crippen LogP contribution in [0.2, 0.25) is 18.1 Å². The van der Waals surface area contributed by atoms with Gasteiger partial charge in [0, 0.05) is 6.10 Å². The summed E-state index contributed by atoms with van der Waals surface area (Å²) < 4.78 is 6.29. The summed E-state index contributed by atoms with van der Waals surface area (Å²) in [5.41, 5.74) is 0.781. The molecule has 0 aliphatic heterocycles. The van der Waals surface area contributed by atoms with Crippen molar-refractivity contribution in [1.29, 1.82) is 0 Å². The van der Waals surface area contributed by atoms with Gasteiger partial charge in [-0.05, 0) is 43.5 Å². The van der Waals surface area contributed by atoms with Gasteiger partial charge in [-0.25, -0.2) is 0 Å². The summed E-state index contributed by atoms with van der Waals surface area (Å²) in [5, 5.41) is 0.227. The zero-order chi connectivity index (χ0) is 13.9. The molecule has 0 bridgehead atoms. The van der Waals surface area contributed by atoms with Crippen molar-refractivity contribution in [1.82, 2.24) is 0 Å². The van der Waals surface area contributed by atoms with E-state index in [0.717, 1.165) is 11.9 Å². The average molecular weight is 256 g/mol. The van der Waals surface area contributed by atoms with Crippen LogP contribution in [0, 0.1) is 5.92 Å². The van der Waals surface area contributed by atoms with E-state index in [4.69, 9.17) is 4.43 Å². The maximum atomic E-state index is 10.6. The number of hydrogen-bond donors (Lipinski definition) is 0. The third-order valence-corrected chi connectivity index (χ3v) is 8.31.